The van der Waals surface area contributed by atoms with Crippen LogP contribution in [0.3, 0.4) is 0 Å². The van der Waals surface area contributed by atoms with E-state index in [9.17, 15) is 13.2 Å². The molecule has 0 spiro atoms. The SMILES string of the molecule is CCCCN(CC)S(=O)(=O)c1cc(C(=O)O)cs1. The van der Waals surface area contributed by atoms with Crippen molar-refractivity contribution in [3.63, 3.8) is 0 Å². The molecule has 1 rings (SSSR count). The Bertz CT molecular complexity index is 507. The first kappa shape index (κ1) is 15.1. The Hall–Kier alpha value is -0.920. The minimum Gasteiger partial charge on any atom is -0.478 e. The van der Waals surface area contributed by atoms with E-state index < -0.39 is 16.0 Å². The molecule has 1 aromatic rings. The Morgan fingerprint density at radius 2 is 2.11 bits per heavy atom. The summed E-state index contributed by atoms with van der Waals surface area (Å²) in [6.45, 7) is 4.63. The zero-order valence-electron chi connectivity index (χ0n) is 10.4. The van der Waals surface area contributed by atoms with Gasteiger partial charge >= 0.3 is 5.97 Å². The van der Waals surface area contributed by atoms with E-state index in [-0.39, 0.29) is 9.77 Å². The second-order valence-electron chi connectivity index (χ2n) is 3.81. The molecule has 0 aliphatic carbocycles. The summed E-state index contributed by atoms with van der Waals surface area (Å²) in [6, 6.07) is 1.22. The Labute approximate surface area is 111 Å². The molecule has 0 radical (unpaired) electrons. The number of carboxylic acid groups (broad SMARTS) is 1. The maximum Gasteiger partial charge on any atom is 0.336 e. The number of unbranched alkanes of at least 4 members (excludes halogenated alkanes) is 1. The second-order valence-corrected chi connectivity index (χ2v) is 6.89. The summed E-state index contributed by atoms with van der Waals surface area (Å²) in [5.74, 6) is -1.11. The number of nitrogens with zero attached hydrogens (tertiary/aromatic N) is 1. The van der Waals surface area contributed by atoms with E-state index in [2.05, 4.69) is 0 Å². The van der Waals surface area contributed by atoms with Gasteiger partial charge in [-0.2, -0.15) is 4.31 Å². The molecule has 102 valence electrons. The lowest BCUT2D eigenvalue weighted by Crippen LogP contribution is -2.31. The smallest absolute Gasteiger partial charge is 0.336 e. The van der Waals surface area contributed by atoms with Crippen molar-refractivity contribution in [1.29, 1.82) is 0 Å². The van der Waals surface area contributed by atoms with Crippen molar-refractivity contribution in [3.05, 3.63) is 17.0 Å². The van der Waals surface area contributed by atoms with Crippen LogP contribution in [0.1, 0.15) is 37.0 Å². The van der Waals surface area contributed by atoms with Crippen LogP contribution in [0.25, 0.3) is 0 Å². The highest BCUT2D eigenvalue weighted by Gasteiger charge is 2.25. The molecule has 0 aromatic carbocycles. The van der Waals surface area contributed by atoms with Gasteiger partial charge in [0, 0.05) is 18.5 Å². The third-order valence-corrected chi connectivity index (χ3v) is 5.92. The van der Waals surface area contributed by atoms with Gasteiger partial charge in [-0.1, -0.05) is 20.3 Å². The van der Waals surface area contributed by atoms with Crippen LogP contribution in [0.5, 0.6) is 0 Å². The van der Waals surface area contributed by atoms with Gasteiger partial charge in [0.25, 0.3) is 10.0 Å². The molecule has 5 nitrogen and oxygen atoms in total. The van der Waals surface area contributed by atoms with Crippen LogP contribution in [0.4, 0.5) is 0 Å². The molecule has 1 heterocycles. The lowest BCUT2D eigenvalue weighted by Gasteiger charge is -2.18. The third-order valence-electron chi connectivity index (χ3n) is 2.53. The Morgan fingerprint density at radius 3 is 2.56 bits per heavy atom. The summed E-state index contributed by atoms with van der Waals surface area (Å²) < 4.78 is 26.0. The van der Waals surface area contributed by atoms with E-state index in [1.807, 2.05) is 6.92 Å². The highest BCUT2D eigenvalue weighted by molar-refractivity contribution is 7.91. The van der Waals surface area contributed by atoms with Crippen LogP contribution in [0.2, 0.25) is 0 Å². The minimum atomic E-state index is -3.55. The first-order chi connectivity index (χ1) is 8.43. The average Bonchev–Trinajstić information content (AvgIpc) is 2.79. The Morgan fingerprint density at radius 1 is 1.44 bits per heavy atom. The number of rotatable bonds is 7. The van der Waals surface area contributed by atoms with Crippen LogP contribution in [-0.2, 0) is 10.0 Å². The van der Waals surface area contributed by atoms with Gasteiger partial charge in [-0.05, 0) is 12.5 Å². The number of sulfonamides is 1. The number of thiophene rings is 1. The molecule has 0 saturated carbocycles. The molecule has 0 fully saturated rings. The number of hydrogen-bond donors (Lipinski definition) is 1. The average molecular weight is 291 g/mol. The molecule has 0 bridgehead atoms. The van der Waals surface area contributed by atoms with Crippen molar-refractivity contribution in [2.75, 3.05) is 13.1 Å². The summed E-state index contributed by atoms with van der Waals surface area (Å²) in [7, 11) is -3.55. The Kier molecular flexibility index (Phi) is 5.30. The van der Waals surface area contributed by atoms with Gasteiger partial charge in [0.2, 0.25) is 0 Å². The van der Waals surface area contributed by atoms with Crippen LogP contribution in [0, 0.1) is 0 Å². The summed E-state index contributed by atoms with van der Waals surface area (Å²) in [5, 5.41) is 10.1. The van der Waals surface area contributed by atoms with Crippen LogP contribution in [0.15, 0.2) is 15.7 Å². The van der Waals surface area contributed by atoms with Gasteiger partial charge in [-0.25, -0.2) is 13.2 Å². The van der Waals surface area contributed by atoms with Crippen molar-refractivity contribution in [1.82, 2.24) is 4.31 Å². The van der Waals surface area contributed by atoms with Crippen LogP contribution < -0.4 is 0 Å². The summed E-state index contributed by atoms with van der Waals surface area (Å²) in [6.07, 6.45) is 1.71. The number of hydrogen-bond acceptors (Lipinski definition) is 4. The maximum absolute atomic E-state index is 12.2. The van der Waals surface area contributed by atoms with Crippen LogP contribution >= 0.6 is 11.3 Å². The lowest BCUT2D eigenvalue weighted by atomic mass is 10.3. The molecule has 1 N–H and O–H groups in total. The minimum absolute atomic E-state index is 0.0186. The van der Waals surface area contributed by atoms with E-state index in [1.165, 1.54) is 15.8 Å². The fourth-order valence-electron chi connectivity index (χ4n) is 1.47. The molecule has 0 aliphatic rings. The van der Waals surface area contributed by atoms with Gasteiger partial charge < -0.3 is 5.11 Å². The summed E-state index contributed by atoms with van der Waals surface area (Å²) >= 11 is 0.952. The molecule has 0 aliphatic heterocycles. The molecule has 0 amide bonds. The topological polar surface area (TPSA) is 74.7 Å². The number of carbonyl (C=O) groups is 1. The first-order valence-electron chi connectivity index (χ1n) is 5.75. The van der Waals surface area contributed by atoms with Crippen molar-refractivity contribution >= 4 is 27.3 Å². The van der Waals surface area contributed by atoms with Crippen molar-refractivity contribution in [2.24, 2.45) is 0 Å². The predicted molar refractivity (Wildman–Crippen MR) is 70.6 cm³/mol. The molecule has 0 atom stereocenters. The molecule has 1 aromatic heterocycles. The molecule has 0 unspecified atom stereocenters. The second kappa shape index (κ2) is 6.31. The summed E-state index contributed by atoms with van der Waals surface area (Å²) in [4.78, 5) is 10.8. The summed E-state index contributed by atoms with van der Waals surface area (Å²) in [5.41, 5.74) is 0.0186. The molecule has 7 heteroatoms. The van der Waals surface area contributed by atoms with E-state index in [0.29, 0.717) is 13.1 Å². The van der Waals surface area contributed by atoms with E-state index in [0.717, 1.165) is 24.2 Å². The van der Waals surface area contributed by atoms with Gasteiger partial charge in [-0.15, -0.1) is 11.3 Å². The lowest BCUT2D eigenvalue weighted by molar-refractivity contribution is 0.0697. The quantitative estimate of drug-likeness (QED) is 0.836. The number of aromatic carboxylic acids is 1. The van der Waals surface area contributed by atoms with Crippen LogP contribution in [-0.4, -0.2) is 36.9 Å². The molecule has 18 heavy (non-hydrogen) atoms. The van der Waals surface area contributed by atoms with Gasteiger partial charge in [-0.3, -0.25) is 0 Å². The zero-order valence-corrected chi connectivity index (χ0v) is 12.1. The van der Waals surface area contributed by atoms with Crippen molar-refractivity contribution < 1.29 is 18.3 Å². The van der Waals surface area contributed by atoms with Crippen molar-refractivity contribution in [3.8, 4) is 0 Å². The standard InChI is InChI=1S/C11H17NO4S2/c1-3-5-6-12(4-2)18(15,16)10-7-9(8-17-10)11(13)14/h7-8H,3-6H2,1-2H3,(H,13,14). The van der Waals surface area contributed by atoms with E-state index in [1.54, 1.807) is 6.92 Å². The van der Waals surface area contributed by atoms with E-state index in [4.69, 9.17) is 5.11 Å². The van der Waals surface area contributed by atoms with Crippen molar-refractivity contribution in [2.45, 2.75) is 30.9 Å². The maximum atomic E-state index is 12.2. The first-order valence-corrected chi connectivity index (χ1v) is 8.07. The highest BCUT2D eigenvalue weighted by atomic mass is 32.2. The van der Waals surface area contributed by atoms with Gasteiger partial charge in [0.05, 0.1) is 5.56 Å². The monoisotopic (exact) mass is 291 g/mol. The third kappa shape index (κ3) is 3.30. The van der Waals surface area contributed by atoms with E-state index >= 15 is 0 Å². The van der Waals surface area contributed by atoms with Gasteiger partial charge in [0.1, 0.15) is 4.21 Å². The molecular formula is C11H17NO4S2. The normalized spacial score (nSPS) is 11.9. The largest absolute Gasteiger partial charge is 0.478 e. The zero-order chi connectivity index (χ0) is 13.8. The molecular weight excluding hydrogens is 274 g/mol. The highest BCUT2D eigenvalue weighted by Crippen LogP contribution is 2.24. The Balaban J connectivity index is 2.99. The molecule has 0 saturated heterocycles. The fourth-order valence-corrected chi connectivity index (χ4v) is 4.27. The number of carboxylic acids is 1. The predicted octanol–water partition coefficient (Wildman–Crippen LogP) is 2.26. The van der Waals surface area contributed by atoms with Gasteiger partial charge in [0.15, 0.2) is 0 Å². The fraction of sp³-hybridized carbons (Fsp3) is 0.545.